The van der Waals surface area contributed by atoms with Crippen molar-refractivity contribution < 1.29 is 9.53 Å². The molecule has 3 rings (SSSR count). The number of anilines is 1. The molecule has 1 saturated heterocycles. The second kappa shape index (κ2) is 7.69. The number of hydrogen-bond donors (Lipinski definition) is 1. The van der Waals surface area contributed by atoms with Crippen molar-refractivity contribution in [3.05, 3.63) is 48.3 Å². The number of rotatable bonds is 7. The summed E-state index contributed by atoms with van der Waals surface area (Å²) >= 11 is 0. The second-order valence-electron chi connectivity index (χ2n) is 5.54. The Morgan fingerprint density at radius 2 is 2.17 bits per heavy atom. The van der Waals surface area contributed by atoms with Gasteiger partial charge in [0.25, 0.3) is 0 Å². The lowest BCUT2D eigenvalue weighted by molar-refractivity contribution is -0.108. The van der Waals surface area contributed by atoms with E-state index in [1.807, 2.05) is 24.3 Å². The van der Waals surface area contributed by atoms with Gasteiger partial charge in [-0.3, -0.25) is 4.90 Å². The Balaban J connectivity index is 1.54. The summed E-state index contributed by atoms with van der Waals surface area (Å²) in [6, 6.07) is 12.0. The first-order valence-corrected chi connectivity index (χ1v) is 7.76. The molecule has 1 aliphatic rings. The third kappa shape index (κ3) is 4.50. The summed E-state index contributed by atoms with van der Waals surface area (Å²) in [5.74, 6) is 1.30. The van der Waals surface area contributed by atoms with Gasteiger partial charge in [0, 0.05) is 25.7 Å². The fourth-order valence-electron chi connectivity index (χ4n) is 2.62. The number of carbonyl (C=O) groups excluding carboxylic acids is 1. The average Bonchev–Trinajstić information content (AvgIpc) is 3.02. The van der Waals surface area contributed by atoms with Gasteiger partial charge < -0.3 is 14.8 Å². The lowest BCUT2D eigenvalue weighted by atomic mass is 10.2. The predicted octanol–water partition coefficient (Wildman–Crippen LogP) is 1.74. The van der Waals surface area contributed by atoms with E-state index in [4.69, 9.17) is 4.74 Å². The normalized spacial score (nSPS) is 17.8. The van der Waals surface area contributed by atoms with Crippen molar-refractivity contribution in [3.63, 3.8) is 0 Å². The Morgan fingerprint density at radius 3 is 3.00 bits per heavy atom. The monoisotopic (exact) mass is 312 g/mol. The largest absolute Gasteiger partial charge is 0.473 e. The van der Waals surface area contributed by atoms with Gasteiger partial charge in [-0.15, -0.1) is 0 Å². The molecule has 0 saturated carbocycles. The molecule has 2 heterocycles. The molecule has 1 N–H and O–H groups in total. The number of carbonyl (C=O) groups is 1. The zero-order valence-electron chi connectivity index (χ0n) is 12.9. The van der Waals surface area contributed by atoms with Crippen LogP contribution in [0.25, 0.3) is 0 Å². The van der Waals surface area contributed by atoms with E-state index in [-0.39, 0.29) is 6.10 Å². The Bertz CT molecular complexity index is 636. The van der Waals surface area contributed by atoms with E-state index < -0.39 is 0 Å². The minimum absolute atomic E-state index is 0.0758. The molecule has 1 fully saturated rings. The van der Waals surface area contributed by atoms with Gasteiger partial charge in [-0.2, -0.15) is 0 Å². The molecular formula is C17H20N4O2. The molecule has 0 amide bonds. The van der Waals surface area contributed by atoms with Crippen LogP contribution in [0.1, 0.15) is 12.0 Å². The van der Waals surface area contributed by atoms with E-state index in [2.05, 4.69) is 32.3 Å². The first-order chi connectivity index (χ1) is 11.3. The average molecular weight is 312 g/mol. The van der Waals surface area contributed by atoms with Crippen molar-refractivity contribution in [2.45, 2.75) is 19.1 Å². The fourth-order valence-corrected chi connectivity index (χ4v) is 2.62. The fraction of sp³-hybridized carbons (Fsp3) is 0.353. The number of aldehydes is 1. The molecule has 1 aromatic carbocycles. The van der Waals surface area contributed by atoms with Crippen LogP contribution in [-0.4, -0.2) is 46.9 Å². The Labute approximate surface area is 135 Å². The summed E-state index contributed by atoms with van der Waals surface area (Å²) in [7, 11) is 0. The van der Waals surface area contributed by atoms with Crippen molar-refractivity contribution in [1.29, 1.82) is 0 Å². The minimum atomic E-state index is 0.0758. The third-order valence-corrected chi connectivity index (χ3v) is 3.81. The maximum atomic E-state index is 10.5. The van der Waals surface area contributed by atoms with Gasteiger partial charge in [0.1, 0.15) is 24.5 Å². The quantitative estimate of drug-likeness (QED) is 0.786. The van der Waals surface area contributed by atoms with E-state index in [0.29, 0.717) is 19.0 Å². The van der Waals surface area contributed by atoms with Crippen LogP contribution in [0, 0.1) is 0 Å². The number of benzene rings is 1. The standard InChI is InChI=1S/C17H20N4O2/c22-9-8-21-7-6-15(12-21)23-17-10-16(19-13-20-17)18-11-14-4-2-1-3-5-14/h1-5,9-10,13,15H,6-8,11-12H2,(H,18,19,20). The summed E-state index contributed by atoms with van der Waals surface area (Å²) in [4.78, 5) is 21.0. The second-order valence-corrected chi connectivity index (χ2v) is 5.54. The maximum Gasteiger partial charge on any atom is 0.218 e. The lowest BCUT2D eigenvalue weighted by Crippen LogP contribution is -2.26. The van der Waals surface area contributed by atoms with Gasteiger partial charge in [0.15, 0.2) is 0 Å². The van der Waals surface area contributed by atoms with Gasteiger partial charge in [0.05, 0.1) is 6.54 Å². The van der Waals surface area contributed by atoms with Crippen molar-refractivity contribution in [1.82, 2.24) is 14.9 Å². The van der Waals surface area contributed by atoms with Crippen molar-refractivity contribution in [2.24, 2.45) is 0 Å². The molecule has 6 nitrogen and oxygen atoms in total. The molecule has 1 atom stereocenters. The number of nitrogens with one attached hydrogen (secondary N) is 1. The number of nitrogens with zero attached hydrogens (tertiary/aromatic N) is 3. The van der Waals surface area contributed by atoms with Gasteiger partial charge in [-0.05, 0) is 12.0 Å². The predicted molar refractivity (Wildman–Crippen MR) is 87.3 cm³/mol. The number of aromatic nitrogens is 2. The van der Waals surface area contributed by atoms with Crippen molar-refractivity contribution in [2.75, 3.05) is 25.0 Å². The highest BCUT2D eigenvalue weighted by Gasteiger charge is 2.23. The van der Waals surface area contributed by atoms with Gasteiger partial charge >= 0.3 is 0 Å². The molecule has 0 spiro atoms. The van der Waals surface area contributed by atoms with Crippen molar-refractivity contribution >= 4 is 12.1 Å². The molecule has 1 aliphatic heterocycles. The Kier molecular flexibility index (Phi) is 5.16. The van der Waals surface area contributed by atoms with Crippen LogP contribution in [0.3, 0.4) is 0 Å². The molecule has 23 heavy (non-hydrogen) atoms. The summed E-state index contributed by atoms with van der Waals surface area (Å²) in [5, 5.41) is 3.27. The summed E-state index contributed by atoms with van der Waals surface area (Å²) in [5.41, 5.74) is 1.19. The zero-order chi connectivity index (χ0) is 15.9. The number of hydrogen-bond acceptors (Lipinski definition) is 6. The van der Waals surface area contributed by atoms with E-state index in [1.165, 1.54) is 11.9 Å². The molecular weight excluding hydrogens is 292 g/mol. The minimum Gasteiger partial charge on any atom is -0.473 e. The van der Waals surface area contributed by atoms with Crippen LogP contribution < -0.4 is 10.1 Å². The molecule has 120 valence electrons. The highest BCUT2D eigenvalue weighted by molar-refractivity contribution is 5.52. The van der Waals surface area contributed by atoms with E-state index in [9.17, 15) is 4.79 Å². The summed E-state index contributed by atoms with van der Waals surface area (Å²) < 4.78 is 5.90. The van der Waals surface area contributed by atoms with Crippen LogP contribution in [-0.2, 0) is 11.3 Å². The molecule has 0 aliphatic carbocycles. The van der Waals surface area contributed by atoms with Crippen LogP contribution >= 0.6 is 0 Å². The number of likely N-dealkylation sites (tertiary alicyclic amines) is 1. The van der Waals surface area contributed by atoms with Crippen LogP contribution in [0.15, 0.2) is 42.7 Å². The van der Waals surface area contributed by atoms with Gasteiger partial charge in [-0.1, -0.05) is 30.3 Å². The van der Waals surface area contributed by atoms with Gasteiger partial charge in [-0.25, -0.2) is 9.97 Å². The van der Waals surface area contributed by atoms with E-state index in [0.717, 1.165) is 31.6 Å². The Morgan fingerprint density at radius 1 is 1.30 bits per heavy atom. The van der Waals surface area contributed by atoms with E-state index >= 15 is 0 Å². The number of ether oxygens (including phenoxy) is 1. The molecule has 1 unspecified atom stereocenters. The van der Waals surface area contributed by atoms with Crippen LogP contribution in [0.5, 0.6) is 5.88 Å². The maximum absolute atomic E-state index is 10.5. The zero-order valence-corrected chi connectivity index (χ0v) is 12.9. The first-order valence-electron chi connectivity index (χ1n) is 7.76. The highest BCUT2D eigenvalue weighted by Crippen LogP contribution is 2.18. The lowest BCUT2D eigenvalue weighted by Gasteiger charge is -2.14. The molecule has 1 aromatic heterocycles. The SMILES string of the molecule is O=CCN1CCC(Oc2cc(NCc3ccccc3)ncn2)C1. The van der Waals surface area contributed by atoms with Crippen molar-refractivity contribution in [3.8, 4) is 5.88 Å². The molecule has 0 bridgehead atoms. The first kappa shape index (κ1) is 15.4. The topological polar surface area (TPSA) is 67.3 Å². The molecule has 6 heteroatoms. The third-order valence-electron chi connectivity index (χ3n) is 3.81. The van der Waals surface area contributed by atoms with Crippen LogP contribution in [0.2, 0.25) is 0 Å². The Hall–Kier alpha value is -2.47. The summed E-state index contributed by atoms with van der Waals surface area (Å²) in [6.45, 7) is 2.81. The van der Waals surface area contributed by atoms with E-state index in [1.54, 1.807) is 0 Å². The molecule has 0 radical (unpaired) electrons. The van der Waals surface area contributed by atoms with Crippen LogP contribution in [0.4, 0.5) is 5.82 Å². The highest BCUT2D eigenvalue weighted by atomic mass is 16.5. The van der Waals surface area contributed by atoms with Gasteiger partial charge in [0.2, 0.25) is 5.88 Å². The summed E-state index contributed by atoms with van der Waals surface area (Å²) in [6.07, 6.45) is 3.41. The smallest absolute Gasteiger partial charge is 0.218 e. The molecule has 2 aromatic rings.